The molecule has 3 rings (SSSR count). The molecule has 0 saturated carbocycles. The SMILES string of the molecule is CCc1nc(CCNC(=NC)N2CCN(Cc3ccccc3)CC2)cs1.I. The molecule has 2 aromatic rings. The Morgan fingerprint density at radius 3 is 2.56 bits per heavy atom. The number of hydrogen-bond donors (Lipinski definition) is 1. The van der Waals surface area contributed by atoms with Gasteiger partial charge < -0.3 is 10.2 Å². The first-order valence-electron chi connectivity index (χ1n) is 9.43. The van der Waals surface area contributed by atoms with E-state index in [4.69, 9.17) is 0 Å². The predicted molar refractivity (Wildman–Crippen MR) is 125 cm³/mol. The molecule has 0 bridgehead atoms. The molecule has 0 amide bonds. The smallest absolute Gasteiger partial charge is 0.193 e. The summed E-state index contributed by atoms with van der Waals surface area (Å²) < 4.78 is 0. The van der Waals surface area contributed by atoms with Gasteiger partial charge in [0.25, 0.3) is 0 Å². The Morgan fingerprint density at radius 1 is 1.19 bits per heavy atom. The zero-order chi connectivity index (χ0) is 18.2. The van der Waals surface area contributed by atoms with Gasteiger partial charge >= 0.3 is 0 Å². The fraction of sp³-hybridized carbons (Fsp3) is 0.500. The van der Waals surface area contributed by atoms with Gasteiger partial charge in [-0.1, -0.05) is 37.3 Å². The standard InChI is InChI=1S/C20H29N5S.HI/c1-3-19-23-18(16-26-19)9-10-22-20(21-2)25-13-11-24(12-14-25)15-17-7-5-4-6-8-17;/h4-8,16H,3,9-15H2,1-2H3,(H,21,22);1H. The highest BCUT2D eigenvalue weighted by Gasteiger charge is 2.19. The molecule has 1 aromatic heterocycles. The van der Waals surface area contributed by atoms with Crippen LogP contribution in [0.4, 0.5) is 0 Å². The van der Waals surface area contributed by atoms with E-state index in [1.54, 1.807) is 11.3 Å². The molecule has 0 radical (unpaired) electrons. The van der Waals surface area contributed by atoms with Crippen LogP contribution in [0.2, 0.25) is 0 Å². The van der Waals surface area contributed by atoms with Crippen LogP contribution < -0.4 is 5.32 Å². The minimum Gasteiger partial charge on any atom is -0.356 e. The van der Waals surface area contributed by atoms with Crippen molar-refractivity contribution in [1.29, 1.82) is 0 Å². The summed E-state index contributed by atoms with van der Waals surface area (Å²) in [6.07, 6.45) is 1.97. The maximum atomic E-state index is 4.63. The lowest BCUT2D eigenvalue weighted by Crippen LogP contribution is -2.52. The van der Waals surface area contributed by atoms with Crippen LogP contribution in [0.3, 0.4) is 0 Å². The Morgan fingerprint density at radius 2 is 1.93 bits per heavy atom. The molecule has 1 aliphatic heterocycles. The minimum absolute atomic E-state index is 0. The lowest BCUT2D eigenvalue weighted by molar-refractivity contribution is 0.172. The van der Waals surface area contributed by atoms with Gasteiger partial charge in [-0.3, -0.25) is 9.89 Å². The normalized spacial score (nSPS) is 15.5. The Bertz CT molecular complexity index is 695. The maximum absolute atomic E-state index is 4.63. The second kappa shape index (κ2) is 11.6. The van der Waals surface area contributed by atoms with Crippen molar-refractivity contribution in [3.63, 3.8) is 0 Å². The Kier molecular flexibility index (Phi) is 9.50. The number of nitrogens with zero attached hydrogens (tertiary/aromatic N) is 4. The fourth-order valence-electron chi connectivity index (χ4n) is 3.22. The molecule has 0 atom stereocenters. The van der Waals surface area contributed by atoms with Crippen molar-refractivity contribution in [3.05, 3.63) is 52.0 Å². The zero-order valence-corrected chi connectivity index (χ0v) is 19.4. The van der Waals surface area contributed by atoms with Crippen molar-refractivity contribution in [3.8, 4) is 0 Å². The van der Waals surface area contributed by atoms with E-state index in [9.17, 15) is 0 Å². The molecule has 2 heterocycles. The van der Waals surface area contributed by atoms with E-state index in [0.29, 0.717) is 0 Å². The lowest BCUT2D eigenvalue weighted by Gasteiger charge is -2.36. The highest BCUT2D eigenvalue weighted by atomic mass is 127. The number of thiazole rings is 1. The van der Waals surface area contributed by atoms with E-state index >= 15 is 0 Å². The second-order valence-corrected chi connectivity index (χ2v) is 7.50. The number of hydrogen-bond acceptors (Lipinski definition) is 4. The van der Waals surface area contributed by atoms with E-state index in [1.165, 1.54) is 16.3 Å². The third-order valence-electron chi connectivity index (χ3n) is 4.70. The molecule has 1 aromatic carbocycles. The van der Waals surface area contributed by atoms with Crippen molar-refractivity contribution >= 4 is 41.3 Å². The quantitative estimate of drug-likeness (QED) is 0.377. The highest BCUT2D eigenvalue weighted by Crippen LogP contribution is 2.11. The number of aryl methyl sites for hydroxylation is 1. The number of benzene rings is 1. The summed E-state index contributed by atoms with van der Waals surface area (Å²) in [6.45, 7) is 8.24. The average molecular weight is 499 g/mol. The number of piperazine rings is 1. The highest BCUT2D eigenvalue weighted by molar-refractivity contribution is 14.0. The van der Waals surface area contributed by atoms with E-state index in [0.717, 1.165) is 58.1 Å². The van der Waals surface area contributed by atoms with Crippen LogP contribution in [0.15, 0.2) is 40.7 Å². The molecule has 1 saturated heterocycles. The summed E-state index contributed by atoms with van der Waals surface area (Å²) in [6, 6.07) is 10.7. The van der Waals surface area contributed by atoms with Gasteiger partial charge in [-0.15, -0.1) is 35.3 Å². The Balaban J connectivity index is 0.00000261. The monoisotopic (exact) mass is 499 g/mol. The first-order valence-corrected chi connectivity index (χ1v) is 10.3. The molecule has 0 spiro atoms. The van der Waals surface area contributed by atoms with Crippen LogP contribution in [0, 0.1) is 0 Å². The molecule has 1 aliphatic rings. The van der Waals surface area contributed by atoms with Crippen LogP contribution in [0.25, 0.3) is 0 Å². The number of rotatable bonds is 6. The molecule has 27 heavy (non-hydrogen) atoms. The molecular formula is C20H30IN5S. The molecule has 7 heteroatoms. The number of nitrogens with one attached hydrogen (secondary N) is 1. The summed E-state index contributed by atoms with van der Waals surface area (Å²) in [5, 5.41) is 6.89. The molecule has 148 valence electrons. The largest absolute Gasteiger partial charge is 0.356 e. The van der Waals surface area contributed by atoms with Gasteiger partial charge in [0.1, 0.15) is 0 Å². The van der Waals surface area contributed by atoms with Gasteiger partial charge in [0.2, 0.25) is 0 Å². The van der Waals surface area contributed by atoms with E-state index in [1.807, 2.05) is 7.05 Å². The summed E-state index contributed by atoms with van der Waals surface area (Å²) in [5.41, 5.74) is 2.57. The number of halogens is 1. The number of guanidine groups is 1. The van der Waals surface area contributed by atoms with Crippen molar-refractivity contribution in [1.82, 2.24) is 20.1 Å². The van der Waals surface area contributed by atoms with Gasteiger partial charge in [-0.05, 0) is 12.0 Å². The number of aliphatic imine (C=N–C) groups is 1. The topological polar surface area (TPSA) is 43.8 Å². The van der Waals surface area contributed by atoms with Crippen molar-refractivity contribution in [2.45, 2.75) is 26.3 Å². The molecule has 1 fully saturated rings. The van der Waals surface area contributed by atoms with Gasteiger partial charge in [0.05, 0.1) is 10.7 Å². The first-order chi connectivity index (χ1) is 12.8. The number of aromatic nitrogens is 1. The van der Waals surface area contributed by atoms with Crippen LogP contribution in [-0.4, -0.2) is 60.5 Å². The van der Waals surface area contributed by atoms with Crippen LogP contribution >= 0.6 is 35.3 Å². The Hall–Kier alpha value is -1.19. The summed E-state index contributed by atoms with van der Waals surface area (Å²) in [4.78, 5) is 14.0. The molecular weight excluding hydrogens is 469 g/mol. The summed E-state index contributed by atoms with van der Waals surface area (Å²) >= 11 is 1.76. The Labute approximate surface area is 183 Å². The van der Waals surface area contributed by atoms with Gasteiger partial charge in [0.15, 0.2) is 5.96 Å². The third kappa shape index (κ3) is 6.73. The van der Waals surface area contributed by atoms with Crippen LogP contribution in [-0.2, 0) is 19.4 Å². The summed E-state index contributed by atoms with van der Waals surface area (Å²) in [7, 11) is 1.87. The molecule has 0 aliphatic carbocycles. The van der Waals surface area contributed by atoms with Crippen molar-refractivity contribution < 1.29 is 0 Å². The van der Waals surface area contributed by atoms with Gasteiger partial charge in [-0.2, -0.15) is 0 Å². The van der Waals surface area contributed by atoms with E-state index in [-0.39, 0.29) is 24.0 Å². The predicted octanol–water partition coefficient (Wildman–Crippen LogP) is 3.26. The van der Waals surface area contributed by atoms with Gasteiger partial charge in [0, 0.05) is 58.1 Å². The molecule has 1 N–H and O–H groups in total. The molecule has 5 nitrogen and oxygen atoms in total. The van der Waals surface area contributed by atoms with Crippen molar-refractivity contribution in [2.75, 3.05) is 39.8 Å². The third-order valence-corrected chi connectivity index (χ3v) is 5.74. The second-order valence-electron chi connectivity index (χ2n) is 6.56. The fourth-order valence-corrected chi connectivity index (χ4v) is 4.00. The minimum atomic E-state index is 0. The van der Waals surface area contributed by atoms with Crippen LogP contribution in [0.1, 0.15) is 23.2 Å². The van der Waals surface area contributed by atoms with Gasteiger partial charge in [-0.25, -0.2) is 4.98 Å². The van der Waals surface area contributed by atoms with Crippen LogP contribution in [0.5, 0.6) is 0 Å². The first kappa shape index (κ1) is 22.1. The van der Waals surface area contributed by atoms with E-state index < -0.39 is 0 Å². The van der Waals surface area contributed by atoms with Crippen molar-refractivity contribution in [2.24, 2.45) is 4.99 Å². The van der Waals surface area contributed by atoms with E-state index in [2.05, 4.69) is 67.7 Å². The lowest BCUT2D eigenvalue weighted by atomic mass is 10.2. The summed E-state index contributed by atoms with van der Waals surface area (Å²) in [5.74, 6) is 1.01. The average Bonchev–Trinajstić information content (AvgIpc) is 3.15. The zero-order valence-electron chi connectivity index (χ0n) is 16.2. The maximum Gasteiger partial charge on any atom is 0.193 e. The molecule has 0 unspecified atom stereocenters.